The summed E-state index contributed by atoms with van der Waals surface area (Å²) in [6, 6.07) is 7.12. The predicted octanol–water partition coefficient (Wildman–Crippen LogP) is 4.87. The van der Waals surface area contributed by atoms with Crippen molar-refractivity contribution in [3.05, 3.63) is 34.9 Å². The maximum Gasteiger partial charge on any atom is 0.162 e. The van der Waals surface area contributed by atoms with E-state index in [1.807, 2.05) is 0 Å². The van der Waals surface area contributed by atoms with Gasteiger partial charge in [0.15, 0.2) is 5.78 Å². The van der Waals surface area contributed by atoms with Crippen molar-refractivity contribution in [2.45, 2.75) is 32.1 Å². The summed E-state index contributed by atoms with van der Waals surface area (Å²) in [6.07, 6.45) is 5.14. The highest BCUT2D eigenvalue weighted by atomic mass is 79.9. The lowest BCUT2D eigenvalue weighted by Gasteiger charge is -2.01. The highest BCUT2D eigenvalue weighted by molar-refractivity contribution is 9.09. The van der Waals surface area contributed by atoms with Gasteiger partial charge in [-0.3, -0.25) is 4.79 Å². The van der Waals surface area contributed by atoms with Gasteiger partial charge in [-0.2, -0.15) is 0 Å². The number of alkyl halides is 1. The fourth-order valence-corrected chi connectivity index (χ4v) is 2.04. The lowest BCUT2D eigenvalue weighted by Crippen LogP contribution is -1.98. The van der Waals surface area contributed by atoms with Crippen LogP contribution in [0.5, 0.6) is 0 Å². The van der Waals surface area contributed by atoms with Gasteiger partial charge in [0.25, 0.3) is 0 Å². The van der Waals surface area contributed by atoms with E-state index in [2.05, 4.69) is 15.9 Å². The summed E-state index contributed by atoms with van der Waals surface area (Å²) in [7, 11) is 0. The molecule has 1 rings (SSSR count). The van der Waals surface area contributed by atoms with Gasteiger partial charge in [-0.1, -0.05) is 40.4 Å². The molecule has 0 unspecified atom stereocenters. The molecule has 0 spiro atoms. The normalized spacial score (nSPS) is 10.4. The number of rotatable bonds is 7. The number of ketones is 1. The second-order valence-electron chi connectivity index (χ2n) is 3.78. The number of Topliss-reactive ketones (excluding diaryl/α,β-unsaturated/α-hetero) is 1. The van der Waals surface area contributed by atoms with Crippen LogP contribution in [0.4, 0.5) is 0 Å². The van der Waals surface area contributed by atoms with Gasteiger partial charge >= 0.3 is 0 Å². The average molecular weight is 304 g/mol. The Labute approximate surface area is 110 Å². The summed E-state index contributed by atoms with van der Waals surface area (Å²) in [5, 5.41) is 1.73. The van der Waals surface area contributed by atoms with Crippen molar-refractivity contribution in [3.8, 4) is 0 Å². The quantitative estimate of drug-likeness (QED) is 0.399. The Kier molecular flexibility index (Phi) is 6.74. The predicted molar refractivity (Wildman–Crippen MR) is 72.7 cm³/mol. The van der Waals surface area contributed by atoms with Crippen LogP contribution in [0.2, 0.25) is 5.02 Å². The molecule has 0 saturated heterocycles. The third kappa shape index (κ3) is 5.13. The molecule has 16 heavy (non-hydrogen) atoms. The van der Waals surface area contributed by atoms with E-state index in [9.17, 15) is 4.79 Å². The molecule has 0 saturated carbocycles. The SMILES string of the molecule is O=C(CCCCCCBr)c1ccc(Cl)cc1. The minimum atomic E-state index is 0.218. The third-order valence-electron chi connectivity index (χ3n) is 2.45. The minimum Gasteiger partial charge on any atom is -0.294 e. The third-order valence-corrected chi connectivity index (χ3v) is 3.27. The van der Waals surface area contributed by atoms with Crippen molar-refractivity contribution in [1.29, 1.82) is 0 Å². The van der Waals surface area contributed by atoms with E-state index < -0.39 is 0 Å². The lowest BCUT2D eigenvalue weighted by atomic mass is 10.0. The van der Waals surface area contributed by atoms with Crippen LogP contribution in [-0.2, 0) is 0 Å². The maximum atomic E-state index is 11.7. The molecule has 1 aromatic carbocycles. The molecule has 0 aliphatic heterocycles. The summed E-state index contributed by atoms with van der Waals surface area (Å²) >= 11 is 9.16. The molecule has 1 aromatic rings. The zero-order valence-corrected chi connectivity index (χ0v) is 11.6. The summed E-state index contributed by atoms with van der Waals surface area (Å²) in [4.78, 5) is 11.7. The van der Waals surface area contributed by atoms with Crippen LogP contribution in [0, 0.1) is 0 Å². The number of benzene rings is 1. The molecule has 0 radical (unpaired) electrons. The zero-order valence-electron chi connectivity index (χ0n) is 9.22. The Hall–Kier alpha value is -0.340. The highest BCUT2D eigenvalue weighted by Gasteiger charge is 2.04. The molecule has 1 nitrogen and oxygen atoms in total. The Bertz CT molecular complexity index is 321. The monoisotopic (exact) mass is 302 g/mol. The van der Waals surface area contributed by atoms with Gasteiger partial charge in [0.05, 0.1) is 0 Å². The van der Waals surface area contributed by atoms with E-state index in [-0.39, 0.29) is 5.78 Å². The number of hydrogen-bond acceptors (Lipinski definition) is 1. The Morgan fingerprint density at radius 2 is 1.69 bits per heavy atom. The fraction of sp³-hybridized carbons (Fsp3) is 0.462. The van der Waals surface area contributed by atoms with Gasteiger partial charge in [-0.15, -0.1) is 0 Å². The zero-order chi connectivity index (χ0) is 11.8. The molecular formula is C13H16BrClO. The van der Waals surface area contributed by atoms with Crippen LogP contribution in [-0.4, -0.2) is 11.1 Å². The van der Waals surface area contributed by atoms with Gasteiger partial charge in [0, 0.05) is 22.3 Å². The average Bonchev–Trinajstić information content (AvgIpc) is 2.29. The van der Waals surface area contributed by atoms with Crippen molar-refractivity contribution >= 4 is 33.3 Å². The number of unbranched alkanes of at least 4 members (excludes halogenated alkanes) is 3. The Morgan fingerprint density at radius 1 is 1.06 bits per heavy atom. The summed E-state index contributed by atoms with van der Waals surface area (Å²) < 4.78 is 0. The number of hydrogen-bond donors (Lipinski definition) is 0. The number of halogens is 2. The fourth-order valence-electron chi connectivity index (χ4n) is 1.51. The second kappa shape index (κ2) is 7.86. The van der Waals surface area contributed by atoms with Crippen molar-refractivity contribution in [2.24, 2.45) is 0 Å². The van der Waals surface area contributed by atoms with E-state index in [4.69, 9.17) is 11.6 Å². The van der Waals surface area contributed by atoms with E-state index >= 15 is 0 Å². The molecule has 3 heteroatoms. The molecule has 88 valence electrons. The van der Waals surface area contributed by atoms with Crippen molar-refractivity contribution in [3.63, 3.8) is 0 Å². The van der Waals surface area contributed by atoms with Crippen LogP contribution in [0.15, 0.2) is 24.3 Å². The number of carbonyl (C=O) groups excluding carboxylic acids is 1. The second-order valence-corrected chi connectivity index (χ2v) is 5.01. The summed E-state index contributed by atoms with van der Waals surface area (Å²) in [5.74, 6) is 0.218. The van der Waals surface area contributed by atoms with E-state index in [1.54, 1.807) is 24.3 Å². The maximum absolute atomic E-state index is 11.7. The van der Waals surface area contributed by atoms with Gasteiger partial charge in [0.2, 0.25) is 0 Å². The molecule has 0 aliphatic rings. The van der Waals surface area contributed by atoms with E-state index in [1.165, 1.54) is 12.8 Å². The first-order valence-electron chi connectivity index (χ1n) is 5.59. The van der Waals surface area contributed by atoms with Crippen LogP contribution in [0.25, 0.3) is 0 Å². The van der Waals surface area contributed by atoms with Gasteiger partial charge in [0.1, 0.15) is 0 Å². The van der Waals surface area contributed by atoms with Crippen molar-refractivity contribution < 1.29 is 4.79 Å². The largest absolute Gasteiger partial charge is 0.294 e. The molecule has 0 bridgehead atoms. The molecule has 0 heterocycles. The Balaban J connectivity index is 2.27. The molecule has 0 atom stereocenters. The summed E-state index contributed by atoms with van der Waals surface area (Å²) in [5.41, 5.74) is 0.768. The van der Waals surface area contributed by atoms with Crippen LogP contribution < -0.4 is 0 Å². The molecule has 0 N–H and O–H groups in total. The van der Waals surface area contributed by atoms with Crippen molar-refractivity contribution in [1.82, 2.24) is 0 Å². The smallest absolute Gasteiger partial charge is 0.162 e. The van der Waals surface area contributed by atoms with E-state index in [0.29, 0.717) is 11.4 Å². The van der Waals surface area contributed by atoms with Crippen LogP contribution in [0.3, 0.4) is 0 Å². The minimum absolute atomic E-state index is 0.218. The summed E-state index contributed by atoms with van der Waals surface area (Å²) in [6.45, 7) is 0. The van der Waals surface area contributed by atoms with Crippen molar-refractivity contribution in [2.75, 3.05) is 5.33 Å². The first-order chi connectivity index (χ1) is 7.74. The standard InChI is InChI=1S/C13H16BrClO/c14-10-4-2-1-3-5-13(16)11-6-8-12(15)9-7-11/h6-9H,1-5,10H2. The van der Waals surface area contributed by atoms with Gasteiger partial charge in [-0.05, 0) is 37.1 Å². The van der Waals surface area contributed by atoms with Crippen LogP contribution >= 0.6 is 27.5 Å². The molecule has 0 aliphatic carbocycles. The first kappa shape index (κ1) is 13.7. The van der Waals surface area contributed by atoms with E-state index in [0.717, 1.165) is 23.7 Å². The number of carbonyl (C=O) groups is 1. The first-order valence-corrected chi connectivity index (χ1v) is 7.08. The lowest BCUT2D eigenvalue weighted by molar-refractivity contribution is 0.0979. The highest BCUT2D eigenvalue weighted by Crippen LogP contribution is 2.13. The Morgan fingerprint density at radius 3 is 2.31 bits per heavy atom. The van der Waals surface area contributed by atoms with Crippen LogP contribution in [0.1, 0.15) is 42.5 Å². The molecule has 0 fully saturated rings. The topological polar surface area (TPSA) is 17.1 Å². The van der Waals surface area contributed by atoms with Gasteiger partial charge < -0.3 is 0 Å². The molecule has 0 aromatic heterocycles. The molecule has 0 amide bonds. The molecular weight excluding hydrogens is 287 g/mol. The van der Waals surface area contributed by atoms with Gasteiger partial charge in [-0.25, -0.2) is 0 Å².